The fraction of sp³-hybridized carbons (Fsp3) is 0.304. The maximum absolute atomic E-state index is 13.1. The van der Waals surface area contributed by atoms with Gasteiger partial charge >= 0.3 is 6.18 Å². The lowest BCUT2D eigenvalue weighted by atomic mass is 10.1. The minimum absolute atomic E-state index is 0.0703. The Morgan fingerprint density at radius 2 is 1.84 bits per heavy atom. The molecular weight excluding hydrogens is 405 g/mol. The van der Waals surface area contributed by atoms with E-state index in [4.69, 9.17) is 0 Å². The van der Waals surface area contributed by atoms with Crippen molar-refractivity contribution >= 4 is 16.8 Å². The SMILES string of the molecule is N#Cc1ccc2cc(C(=O)NC3CCNCC3)n(Cc3ccc(C(F)(F)F)cc3)c2c1. The van der Waals surface area contributed by atoms with Crippen molar-refractivity contribution in [1.82, 2.24) is 15.2 Å². The Morgan fingerprint density at radius 3 is 2.48 bits per heavy atom. The standard InChI is InChI=1S/C23H21F3N4O/c24-23(25,26)18-5-2-15(3-6-18)14-30-20-11-16(13-27)1-4-17(20)12-21(30)22(31)29-19-7-9-28-10-8-19/h1-6,11-12,19,28H,7-10,14H2,(H,29,31). The highest BCUT2D eigenvalue weighted by atomic mass is 19.4. The molecule has 8 heteroatoms. The van der Waals surface area contributed by atoms with Gasteiger partial charge in [0.25, 0.3) is 5.91 Å². The second-order valence-corrected chi connectivity index (χ2v) is 7.69. The number of piperidine rings is 1. The van der Waals surface area contributed by atoms with Crippen molar-refractivity contribution in [2.45, 2.75) is 31.6 Å². The average Bonchev–Trinajstić information content (AvgIpc) is 3.12. The van der Waals surface area contributed by atoms with Crippen LogP contribution in [0, 0.1) is 11.3 Å². The van der Waals surface area contributed by atoms with Gasteiger partial charge in [-0.2, -0.15) is 18.4 Å². The first-order valence-corrected chi connectivity index (χ1v) is 10.1. The maximum atomic E-state index is 13.1. The molecule has 0 unspecified atom stereocenters. The van der Waals surface area contributed by atoms with Crippen molar-refractivity contribution in [3.05, 3.63) is 70.9 Å². The molecule has 1 aromatic heterocycles. The molecule has 1 fully saturated rings. The van der Waals surface area contributed by atoms with Crippen molar-refractivity contribution in [2.75, 3.05) is 13.1 Å². The molecule has 3 aromatic rings. The number of amides is 1. The van der Waals surface area contributed by atoms with E-state index in [2.05, 4.69) is 16.7 Å². The number of fused-ring (bicyclic) bond motifs is 1. The Kier molecular flexibility index (Phi) is 5.70. The van der Waals surface area contributed by atoms with Gasteiger partial charge in [-0.15, -0.1) is 0 Å². The van der Waals surface area contributed by atoms with Gasteiger partial charge in [-0.25, -0.2) is 0 Å². The Balaban J connectivity index is 1.69. The molecule has 2 aromatic carbocycles. The van der Waals surface area contributed by atoms with Crippen molar-refractivity contribution < 1.29 is 18.0 Å². The molecular formula is C23H21F3N4O. The minimum atomic E-state index is -4.40. The van der Waals surface area contributed by atoms with Crippen molar-refractivity contribution in [1.29, 1.82) is 5.26 Å². The van der Waals surface area contributed by atoms with E-state index in [9.17, 15) is 23.2 Å². The molecule has 0 atom stereocenters. The van der Waals surface area contributed by atoms with Crippen LogP contribution >= 0.6 is 0 Å². The molecule has 1 saturated heterocycles. The summed E-state index contributed by atoms with van der Waals surface area (Å²) < 4.78 is 40.4. The highest BCUT2D eigenvalue weighted by Crippen LogP contribution is 2.30. The second kappa shape index (κ2) is 8.44. The topological polar surface area (TPSA) is 69.8 Å². The molecule has 31 heavy (non-hydrogen) atoms. The van der Waals surface area contributed by atoms with Crippen molar-refractivity contribution in [3.63, 3.8) is 0 Å². The summed E-state index contributed by atoms with van der Waals surface area (Å²) in [6, 6.07) is 14.0. The fourth-order valence-corrected chi connectivity index (χ4v) is 3.89. The Labute approximate surface area is 177 Å². The van der Waals surface area contributed by atoms with Gasteiger partial charge in [-0.1, -0.05) is 18.2 Å². The van der Waals surface area contributed by atoms with Crippen LogP contribution in [0.4, 0.5) is 13.2 Å². The zero-order chi connectivity index (χ0) is 22.0. The highest BCUT2D eigenvalue weighted by molar-refractivity contribution is 5.99. The molecule has 1 aliphatic heterocycles. The molecule has 5 nitrogen and oxygen atoms in total. The molecule has 0 radical (unpaired) electrons. The monoisotopic (exact) mass is 426 g/mol. The summed E-state index contributed by atoms with van der Waals surface area (Å²) in [5.41, 5.74) is 1.47. The Bertz CT molecular complexity index is 1140. The molecule has 2 heterocycles. The lowest BCUT2D eigenvalue weighted by molar-refractivity contribution is -0.137. The number of halogens is 3. The second-order valence-electron chi connectivity index (χ2n) is 7.69. The summed E-state index contributed by atoms with van der Waals surface area (Å²) in [7, 11) is 0. The lowest BCUT2D eigenvalue weighted by Crippen LogP contribution is -2.43. The maximum Gasteiger partial charge on any atom is 0.416 e. The molecule has 0 bridgehead atoms. The van der Waals surface area contributed by atoms with E-state index < -0.39 is 11.7 Å². The number of nitrogens with zero attached hydrogens (tertiary/aromatic N) is 2. The average molecular weight is 426 g/mol. The molecule has 160 valence electrons. The number of carbonyl (C=O) groups is 1. The molecule has 0 saturated carbocycles. The number of hydrogen-bond donors (Lipinski definition) is 2. The van der Waals surface area contributed by atoms with E-state index in [1.54, 1.807) is 28.8 Å². The predicted molar refractivity (Wildman–Crippen MR) is 111 cm³/mol. The number of alkyl halides is 3. The summed E-state index contributed by atoms with van der Waals surface area (Å²) in [6.07, 6.45) is -2.73. The van der Waals surface area contributed by atoms with Crippen LogP contribution in [0.3, 0.4) is 0 Å². The van der Waals surface area contributed by atoms with Crippen LogP contribution in [0.1, 0.15) is 40.0 Å². The fourth-order valence-electron chi connectivity index (χ4n) is 3.89. The Morgan fingerprint density at radius 1 is 1.13 bits per heavy atom. The van der Waals surface area contributed by atoms with E-state index in [0.717, 1.165) is 43.5 Å². The van der Waals surface area contributed by atoms with Crippen LogP contribution in [-0.4, -0.2) is 29.6 Å². The van der Waals surface area contributed by atoms with Gasteiger partial charge in [-0.3, -0.25) is 4.79 Å². The molecule has 0 spiro atoms. The van der Waals surface area contributed by atoms with Gasteiger partial charge in [0.05, 0.1) is 22.7 Å². The quantitative estimate of drug-likeness (QED) is 0.661. The van der Waals surface area contributed by atoms with Crippen LogP contribution in [0.2, 0.25) is 0 Å². The van der Waals surface area contributed by atoms with Gasteiger partial charge in [0.2, 0.25) is 0 Å². The summed E-state index contributed by atoms with van der Waals surface area (Å²) in [6.45, 7) is 1.89. The lowest BCUT2D eigenvalue weighted by Gasteiger charge is -2.24. The first-order chi connectivity index (χ1) is 14.8. The number of carbonyl (C=O) groups excluding carboxylic acids is 1. The number of hydrogen-bond acceptors (Lipinski definition) is 3. The number of benzene rings is 2. The summed E-state index contributed by atoms with van der Waals surface area (Å²) in [4.78, 5) is 13.1. The first-order valence-electron chi connectivity index (χ1n) is 10.1. The van der Waals surface area contributed by atoms with Crippen LogP contribution in [0.25, 0.3) is 10.9 Å². The summed E-state index contributed by atoms with van der Waals surface area (Å²) in [5, 5.41) is 16.4. The third-order valence-corrected chi connectivity index (χ3v) is 5.56. The zero-order valence-corrected chi connectivity index (χ0v) is 16.7. The Hall–Kier alpha value is -3.31. The molecule has 2 N–H and O–H groups in total. The van der Waals surface area contributed by atoms with Crippen LogP contribution < -0.4 is 10.6 Å². The molecule has 0 aliphatic carbocycles. The molecule has 1 amide bonds. The van der Waals surface area contributed by atoms with Crippen LogP contribution in [0.15, 0.2) is 48.5 Å². The number of nitriles is 1. The van der Waals surface area contributed by atoms with Gasteiger partial charge in [0, 0.05) is 18.0 Å². The van der Waals surface area contributed by atoms with Gasteiger partial charge in [0.1, 0.15) is 5.69 Å². The van der Waals surface area contributed by atoms with Crippen molar-refractivity contribution in [3.8, 4) is 6.07 Å². The highest BCUT2D eigenvalue weighted by Gasteiger charge is 2.30. The van der Waals surface area contributed by atoms with E-state index >= 15 is 0 Å². The molecule has 4 rings (SSSR count). The van der Waals surface area contributed by atoms with Gasteiger partial charge < -0.3 is 15.2 Å². The summed E-state index contributed by atoms with van der Waals surface area (Å²) in [5.74, 6) is -0.228. The van der Waals surface area contributed by atoms with Crippen molar-refractivity contribution in [2.24, 2.45) is 0 Å². The smallest absolute Gasteiger partial charge is 0.348 e. The third kappa shape index (κ3) is 4.57. The van der Waals surface area contributed by atoms with E-state index in [-0.39, 0.29) is 18.5 Å². The largest absolute Gasteiger partial charge is 0.416 e. The zero-order valence-electron chi connectivity index (χ0n) is 16.7. The normalized spacial score (nSPS) is 15.0. The summed E-state index contributed by atoms with van der Waals surface area (Å²) >= 11 is 0. The molecule has 1 aliphatic rings. The third-order valence-electron chi connectivity index (χ3n) is 5.56. The minimum Gasteiger partial charge on any atom is -0.348 e. The van der Waals surface area contributed by atoms with E-state index in [1.165, 1.54) is 12.1 Å². The number of rotatable bonds is 4. The van der Waals surface area contributed by atoms with E-state index in [0.29, 0.717) is 22.3 Å². The number of aromatic nitrogens is 1. The van der Waals surface area contributed by atoms with Crippen LogP contribution in [0.5, 0.6) is 0 Å². The first kappa shape index (κ1) is 20.9. The van der Waals surface area contributed by atoms with E-state index in [1.807, 2.05) is 0 Å². The van der Waals surface area contributed by atoms with Crippen LogP contribution in [-0.2, 0) is 12.7 Å². The number of nitrogens with one attached hydrogen (secondary N) is 2. The van der Waals surface area contributed by atoms with Gasteiger partial charge in [-0.05, 0) is 61.8 Å². The van der Waals surface area contributed by atoms with Gasteiger partial charge in [0.15, 0.2) is 0 Å². The predicted octanol–water partition coefficient (Wildman–Crippen LogP) is 4.06.